The predicted molar refractivity (Wildman–Crippen MR) is 96.0 cm³/mol. The summed E-state index contributed by atoms with van der Waals surface area (Å²) >= 11 is 0. The number of aromatic amines is 1. The van der Waals surface area contributed by atoms with Crippen molar-refractivity contribution in [2.45, 2.75) is 19.9 Å². The molecule has 3 aromatic rings. The number of fused-ring (bicyclic) bond motifs is 1. The average molecular weight is 337 g/mol. The van der Waals surface area contributed by atoms with Gasteiger partial charge in [0.05, 0.1) is 18.5 Å². The Bertz CT molecular complexity index is 995. The van der Waals surface area contributed by atoms with Crippen molar-refractivity contribution in [3.63, 3.8) is 0 Å². The maximum absolute atomic E-state index is 12.7. The van der Waals surface area contributed by atoms with E-state index in [-0.39, 0.29) is 23.2 Å². The SMILES string of the molecule is COc1ccc(C)cc1C(C)NC(=O)c1n[nH]c(=O)c2ccccc12. The zero-order chi connectivity index (χ0) is 18.0. The second-order valence-electron chi connectivity index (χ2n) is 5.89. The lowest BCUT2D eigenvalue weighted by Crippen LogP contribution is -2.29. The smallest absolute Gasteiger partial charge is 0.272 e. The van der Waals surface area contributed by atoms with Crippen molar-refractivity contribution in [2.75, 3.05) is 7.11 Å². The van der Waals surface area contributed by atoms with E-state index in [1.165, 1.54) is 0 Å². The summed E-state index contributed by atoms with van der Waals surface area (Å²) in [4.78, 5) is 24.6. The lowest BCUT2D eigenvalue weighted by molar-refractivity contribution is 0.0935. The summed E-state index contributed by atoms with van der Waals surface area (Å²) in [5.41, 5.74) is 1.82. The zero-order valence-corrected chi connectivity index (χ0v) is 14.3. The van der Waals surface area contributed by atoms with Gasteiger partial charge in [0, 0.05) is 10.9 Å². The summed E-state index contributed by atoms with van der Waals surface area (Å²) < 4.78 is 5.38. The van der Waals surface area contributed by atoms with E-state index in [0.717, 1.165) is 11.1 Å². The highest BCUT2D eigenvalue weighted by Gasteiger charge is 2.19. The third kappa shape index (κ3) is 3.24. The highest BCUT2D eigenvalue weighted by molar-refractivity contribution is 6.04. The largest absolute Gasteiger partial charge is 0.496 e. The molecule has 2 N–H and O–H groups in total. The normalized spacial score (nSPS) is 12.0. The molecule has 1 aromatic heterocycles. The molecule has 6 heteroatoms. The maximum atomic E-state index is 12.7. The molecule has 0 spiro atoms. The van der Waals surface area contributed by atoms with Crippen LogP contribution in [0.1, 0.15) is 34.6 Å². The van der Waals surface area contributed by atoms with Crippen LogP contribution in [-0.4, -0.2) is 23.2 Å². The van der Waals surface area contributed by atoms with Crippen LogP contribution in [-0.2, 0) is 0 Å². The Balaban J connectivity index is 1.94. The molecule has 0 radical (unpaired) electrons. The maximum Gasteiger partial charge on any atom is 0.272 e. The number of aryl methyl sites for hydroxylation is 1. The van der Waals surface area contributed by atoms with Crippen molar-refractivity contribution in [1.82, 2.24) is 15.5 Å². The van der Waals surface area contributed by atoms with Crippen molar-refractivity contribution in [2.24, 2.45) is 0 Å². The van der Waals surface area contributed by atoms with Crippen LogP contribution in [0.2, 0.25) is 0 Å². The summed E-state index contributed by atoms with van der Waals surface area (Å²) in [7, 11) is 1.60. The van der Waals surface area contributed by atoms with Crippen molar-refractivity contribution in [1.29, 1.82) is 0 Å². The van der Waals surface area contributed by atoms with Gasteiger partial charge in [0.15, 0.2) is 5.69 Å². The highest BCUT2D eigenvalue weighted by atomic mass is 16.5. The summed E-state index contributed by atoms with van der Waals surface area (Å²) in [6, 6.07) is 12.4. The first-order chi connectivity index (χ1) is 12.0. The number of carbonyl (C=O) groups is 1. The van der Waals surface area contributed by atoms with Crippen LogP contribution >= 0.6 is 0 Å². The number of aromatic nitrogens is 2. The van der Waals surface area contributed by atoms with Crippen LogP contribution < -0.4 is 15.6 Å². The van der Waals surface area contributed by atoms with E-state index >= 15 is 0 Å². The van der Waals surface area contributed by atoms with Gasteiger partial charge in [-0.15, -0.1) is 0 Å². The second kappa shape index (κ2) is 6.76. The van der Waals surface area contributed by atoms with Crippen molar-refractivity contribution in [3.05, 3.63) is 69.6 Å². The number of methoxy groups -OCH3 is 1. The first-order valence-electron chi connectivity index (χ1n) is 7.94. The van der Waals surface area contributed by atoms with Gasteiger partial charge in [0.25, 0.3) is 11.5 Å². The second-order valence-corrected chi connectivity index (χ2v) is 5.89. The summed E-state index contributed by atoms with van der Waals surface area (Å²) in [5, 5.41) is 10.2. The molecule has 0 saturated heterocycles. The van der Waals surface area contributed by atoms with Crippen LogP contribution in [0.25, 0.3) is 10.8 Å². The molecule has 1 amide bonds. The minimum Gasteiger partial charge on any atom is -0.496 e. The number of nitrogens with one attached hydrogen (secondary N) is 2. The predicted octanol–water partition coefficient (Wildman–Crippen LogP) is 2.73. The monoisotopic (exact) mass is 337 g/mol. The van der Waals surface area contributed by atoms with Crippen LogP contribution in [0.4, 0.5) is 0 Å². The van der Waals surface area contributed by atoms with E-state index in [2.05, 4.69) is 15.5 Å². The standard InChI is InChI=1S/C19H19N3O3/c1-11-8-9-16(25-3)15(10-11)12(2)20-19(24)17-13-6-4-5-7-14(13)18(23)22-21-17/h4-10,12H,1-3H3,(H,20,24)(H,22,23). The number of carbonyl (C=O) groups excluding carboxylic acids is 1. The van der Waals surface area contributed by atoms with Gasteiger partial charge in [-0.05, 0) is 26.0 Å². The number of rotatable bonds is 4. The number of H-pyrrole nitrogens is 1. The Morgan fingerprint density at radius 3 is 2.64 bits per heavy atom. The number of nitrogens with zero attached hydrogens (tertiary/aromatic N) is 1. The van der Waals surface area contributed by atoms with Gasteiger partial charge >= 0.3 is 0 Å². The van der Waals surface area contributed by atoms with Gasteiger partial charge in [-0.2, -0.15) is 5.10 Å². The van der Waals surface area contributed by atoms with Crippen LogP contribution in [0.5, 0.6) is 5.75 Å². The molecule has 3 rings (SSSR count). The minimum absolute atomic E-state index is 0.189. The quantitative estimate of drug-likeness (QED) is 0.767. The molecule has 0 aliphatic rings. The highest BCUT2D eigenvalue weighted by Crippen LogP contribution is 2.26. The van der Waals surface area contributed by atoms with Crippen LogP contribution in [0, 0.1) is 6.92 Å². The topological polar surface area (TPSA) is 84.1 Å². The molecule has 0 aliphatic carbocycles. The van der Waals surface area contributed by atoms with E-state index in [4.69, 9.17) is 4.74 Å². The number of hydrogen-bond donors (Lipinski definition) is 2. The summed E-state index contributed by atoms with van der Waals surface area (Å²) in [6.07, 6.45) is 0. The van der Waals surface area contributed by atoms with E-state index in [1.807, 2.05) is 32.0 Å². The van der Waals surface area contributed by atoms with E-state index in [1.54, 1.807) is 31.4 Å². The molecule has 0 bridgehead atoms. The van der Waals surface area contributed by atoms with Crippen LogP contribution in [0.3, 0.4) is 0 Å². The third-order valence-corrected chi connectivity index (χ3v) is 4.11. The van der Waals surface area contributed by atoms with E-state index < -0.39 is 0 Å². The molecular weight excluding hydrogens is 318 g/mol. The Morgan fingerprint density at radius 2 is 1.92 bits per heavy atom. The number of hydrogen-bond acceptors (Lipinski definition) is 4. The molecule has 1 unspecified atom stereocenters. The molecule has 0 aliphatic heterocycles. The molecule has 25 heavy (non-hydrogen) atoms. The molecular formula is C19H19N3O3. The summed E-state index contributed by atoms with van der Waals surface area (Å²) in [5.74, 6) is 0.348. The Hall–Kier alpha value is -3.15. The Kier molecular flexibility index (Phi) is 4.52. The van der Waals surface area contributed by atoms with Gasteiger partial charge < -0.3 is 10.1 Å². The lowest BCUT2D eigenvalue weighted by atomic mass is 10.0. The summed E-state index contributed by atoms with van der Waals surface area (Å²) in [6.45, 7) is 3.86. The lowest BCUT2D eigenvalue weighted by Gasteiger charge is -2.18. The Labute approximate surface area is 144 Å². The fraction of sp³-hybridized carbons (Fsp3) is 0.211. The van der Waals surface area contributed by atoms with E-state index in [0.29, 0.717) is 16.5 Å². The first kappa shape index (κ1) is 16.7. The first-order valence-corrected chi connectivity index (χ1v) is 7.94. The van der Waals surface area contributed by atoms with Gasteiger partial charge in [-0.25, -0.2) is 5.10 Å². The fourth-order valence-electron chi connectivity index (χ4n) is 2.82. The minimum atomic E-state index is -0.358. The van der Waals surface area contributed by atoms with Crippen LogP contribution in [0.15, 0.2) is 47.3 Å². The molecule has 0 fully saturated rings. The number of ether oxygens (including phenoxy) is 1. The average Bonchev–Trinajstić information content (AvgIpc) is 2.62. The molecule has 128 valence electrons. The van der Waals surface area contributed by atoms with Gasteiger partial charge in [-0.3, -0.25) is 9.59 Å². The molecule has 2 aromatic carbocycles. The van der Waals surface area contributed by atoms with E-state index in [9.17, 15) is 9.59 Å². The Morgan fingerprint density at radius 1 is 1.20 bits per heavy atom. The molecule has 1 atom stereocenters. The van der Waals surface area contributed by atoms with Gasteiger partial charge in [0.2, 0.25) is 0 Å². The van der Waals surface area contributed by atoms with Crippen molar-refractivity contribution < 1.29 is 9.53 Å². The fourth-order valence-corrected chi connectivity index (χ4v) is 2.82. The van der Waals surface area contributed by atoms with Crippen molar-refractivity contribution >= 4 is 16.7 Å². The molecule has 6 nitrogen and oxygen atoms in total. The third-order valence-electron chi connectivity index (χ3n) is 4.11. The molecule has 1 heterocycles. The van der Waals surface area contributed by atoms with Crippen molar-refractivity contribution in [3.8, 4) is 5.75 Å². The zero-order valence-electron chi connectivity index (χ0n) is 14.3. The molecule has 0 saturated carbocycles. The van der Waals surface area contributed by atoms with Gasteiger partial charge in [-0.1, -0.05) is 35.9 Å². The van der Waals surface area contributed by atoms with Gasteiger partial charge in [0.1, 0.15) is 5.75 Å². The number of benzene rings is 2. The number of amides is 1.